The van der Waals surface area contributed by atoms with Gasteiger partial charge in [-0.1, -0.05) is 18.2 Å². The molecule has 1 aromatic carbocycles. The van der Waals surface area contributed by atoms with Gasteiger partial charge in [0, 0.05) is 18.4 Å². The van der Waals surface area contributed by atoms with Gasteiger partial charge in [0.25, 0.3) is 5.56 Å². The Kier molecular flexibility index (Phi) is 3.50. The number of rotatable bonds is 3. The molecule has 0 saturated heterocycles. The van der Waals surface area contributed by atoms with E-state index in [0.717, 1.165) is 23.2 Å². The highest BCUT2D eigenvalue weighted by molar-refractivity contribution is 5.87. The van der Waals surface area contributed by atoms with Gasteiger partial charge in [-0.2, -0.15) is 0 Å². The third-order valence-electron chi connectivity index (χ3n) is 3.68. The maximum absolute atomic E-state index is 12.3. The Labute approximate surface area is 126 Å². The van der Waals surface area contributed by atoms with E-state index in [1.165, 1.54) is 4.57 Å². The highest BCUT2D eigenvalue weighted by Gasteiger charge is 2.22. The van der Waals surface area contributed by atoms with Crippen LogP contribution in [0, 0.1) is 0 Å². The number of aromatic nitrogens is 2. The molecule has 1 aromatic heterocycles. The van der Waals surface area contributed by atoms with Gasteiger partial charge in [0.05, 0.1) is 5.70 Å². The second kappa shape index (κ2) is 5.48. The number of benzene rings is 1. The molecular weight excluding hydrogens is 282 g/mol. The third-order valence-corrected chi connectivity index (χ3v) is 3.68. The fraction of sp³-hybridized carbons (Fsp3) is 0.188. The molecule has 22 heavy (non-hydrogen) atoms. The van der Waals surface area contributed by atoms with E-state index in [2.05, 4.69) is 10.3 Å². The molecule has 0 saturated carbocycles. The molecule has 0 radical (unpaired) electrons. The summed E-state index contributed by atoms with van der Waals surface area (Å²) in [4.78, 5) is 27.5. The molecule has 0 bridgehead atoms. The molecule has 0 fully saturated rings. The molecule has 0 atom stereocenters. The lowest BCUT2D eigenvalue weighted by Crippen LogP contribution is -2.33. The first kappa shape index (κ1) is 14.1. The summed E-state index contributed by atoms with van der Waals surface area (Å²) in [5.74, 6) is -0.778. The van der Waals surface area contributed by atoms with Crippen molar-refractivity contribution < 1.29 is 9.90 Å². The van der Waals surface area contributed by atoms with Crippen molar-refractivity contribution in [2.75, 3.05) is 5.32 Å². The lowest BCUT2D eigenvalue weighted by atomic mass is 10.1. The second-order valence-electron chi connectivity index (χ2n) is 5.15. The number of fused-ring (bicyclic) bond motifs is 1. The standard InChI is InChI=1S/C16H15N3O3/c1-10-7-8-19-14(17-9-12(15(19)20)16(21)22)13(10)18-11-5-3-2-4-6-11/h2-6,9,18H,7-8H2,1H3,(H,21,22). The Hall–Kier alpha value is -2.89. The van der Waals surface area contributed by atoms with Gasteiger partial charge in [0.1, 0.15) is 5.56 Å². The number of allylic oxidation sites excluding steroid dienone is 1. The van der Waals surface area contributed by atoms with Crippen LogP contribution >= 0.6 is 0 Å². The minimum absolute atomic E-state index is 0.303. The summed E-state index contributed by atoms with van der Waals surface area (Å²) in [6, 6.07) is 9.58. The van der Waals surface area contributed by atoms with Crippen molar-refractivity contribution in [3.63, 3.8) is 0 Å². The normalized spacial score (nSPS) is 13.7. The van der Waals surface area contributed by atoms with E-state index in [0.29, 0.717) is 18.8 Å². The molecule has 2 heterocycles. The molecule has 0 amide bonds. The largest absolute Gasteiger partial charge is 0.477 e. The van der Waals surface area contributed by atoms with Gasteiger partial charge in [-0.25, -0.2) is 9.78 Å². The van der Waals surface area contributed by atoms with E-state index in [-0.39, 0.29) is 5.56 Å². The zero-order valence-corrected chi connectivity index (χ0v) is 12.0. The van der Waals surface area contributed by atoms with Crippen molar-refractivity contribution in [2.24, 2.45) is 0 Å². The highest BCUT2D eigenvalue weighted by atomic mass is 16.4. The molecule has 0 spiro atoms. The average Bonchev–Trinajstić information content (AvgIpc) is 2.51. The van der Waals surface area contributed by atoms with E-state index >= 15 is 0 Å². The van der Waals surface area contributed by atoms with Gasteiger partial charge in [-0.15, -0.1) is 0 Å². The molecule has 1 aliphatic heterocycles. The van der Waals surface area contributed by atoms with Crippen LogP contribution in [0.5, 0.6) is 0 Å². The fourth-order valence-corrected chi connectivity index (χ4v) is 2.47. The monoisotopic (exact) mass is 297 g/mol. The van der Waals surface area contributed by atoms with Gasteiger partial charge < -0.3 is 10.4 Å². The second-order valence-corrected chi connectivity index (χ2v) is 5.15. The lowest BCUT2D eigenvalue weighted by Gasteiger charge is -2.23. The Morgan fingerprint density at radius 2 is 2.05 bits per heavy atom. The molecule has 112 valence electrons. The smallest absolute Gasteiger partial charge is 0.342 e. The van der Waals surface area contributed by atoms with E-state index in [1.807, 2.05) is 37.3 Å². The van der Waals surface area contributed by atoms with Gasteiger partial charge >= 0.3 is 5.97 Å². The summed E-state index contributed by atoms with van der Waals surface area (Å²) in [7, 11) is 0. The van der Waals surface area contributed by atoms with Gasteiger partial charge in [0.15, 0.2) is 5.82 Å². The van der Waals surface area contributed by atoms with Crippen molar-refractivity contribution in [3.05, 3.63) is 63.8 Å². The van der Waals surface area contributed by atoms with Crippen LogP contribution in [0.15, 0.2) is 46.9 Å². The average molecular weight is 297 g/mol. The molecule has 0 unspecified atom stereocenters. The number of carboxylic acids is 1. The molecule has 0 aliphatic carbocycles. The number of aromatic carboxylic acids is 1. The number of anilines is 1. The first-order valence-electron chi connectivity index (χ1n) is 6.93. The van der Waals surface area contributed by atoms with E-state index in [9.17, 15) is 9.59 Å². The van der Waals surface area contributed by atoms with Crippen molar-refractivity contribution >= 4 is 17.4 Å². The summed E-state index contributed by atoms with van der Waals surface area (Å²) < 4.78 is 1.42. The Morgan fingerprint density at radius 1 is 1.32 bits per heavy atom. The summed E-state index contributed by atoms with van der Waals surface area (Å²) in [6.45, 7) is 2.42. The lowest BCUT2D eigenvalue weighted by molar-refractivity contribution is 0.0693. The number of carboxylic acid groups (broad SMARTS) is 1. The predicted molar refractivity (Wildman–Crippen MR) is 82.7 cm³/mol. The Balaban J connectivity index is 2.08. The van der Waals surface area contributed by atoms with Gasteiger partial charge in [-0.05, 0) is 31.1 Å². The first-order valence-corrected chi connectivity index (χ1v) is 6.93. The van der Waals surface area contributed by atoms with E-state index in [1.54, 1.807) is 0 Å². The van der Waals surface area contributed by atoms with Crippen molar-refractivity contribution in [2.45, 2.75) is 19.9 Å². The van der Waals surface area contributed by atoms with Crippen LogP contribution in [0.3, 0.4) is 0 Å². The molecule has 3 rings (SSSR count). The molecular formula is C16H15N3O3. The van der Waals surface area contributed by atoms with Gasteiger partial charge in [0.2, 0.25) is 0 Å². The van der Waals surface area contributed by atoms with E-state index < -0.39 is 11.5 Å². The maximum atomic E-state index is 12.3. The topological polar surface area (TPSA) is 84.2 Å². The van der Waals surface area contributed by atoms with Crippen molar-refractivity contribution in [1.29, 1.82) is 0 Å². The zero-order valence-electron chi connectivity index (χ0n) is 12.0. The van der Waals surface area contributed by atoms with Crippen molar-refractivity contribution in [3.8, 4) is 0 Å². The minimum atomic E-state index is -1.25. The molecule has 2 N–H and O–H groups in total. The van der Waals surface area contributed by atoms with Crippen LogP contribution in [0.2, 0.25) is 0 Å². The van der Waals surface area contributed by atoms with Crippen LogP contribution < -0.4 is 10.9 Å². The number of carbonyl (C=O) groups is 1. The number of nitrogens with one attached hydrogen (secondary N) is 1. The van der Waals surface area contributed by atoms with Crippen molar-refractivity contribution in [1.82, 2.24) is 9.55 Å². The Bertz CT molecular complexity index is 822. The molecule has 6 nitrogen and oxygen atoms in total. The van der Waals surface area contributed by atoms with Crippen LogP contribution in [0.1, 0.15) is 29.5 Å². The number of nitrogens with zero attached hydrogens (tertiary/aromatic N) is 2. The summed E-state index contributed by atoms with van der Waals surface area (Å²) in [5.41, 5.74) is 1.91. The predicted octanol–water partition coefficient (Wildman–Crippen LogP) is 2.19. The first-order chi connectivity index (χ1) is 10.6. The number of hydrogen-bond donors (Lipinski definition) is 2. The SMILES string of the molecule is CC1=C(Nc2ccccc2)c2ncc(C(=O)O)c(=O)n2CC1. The zero-order chi connectivity index (χ0) is 15.7. The highest BCUT2D eigenvalue weighted by Crippen LogP contribution is 2.25. The number of para-hydroxylation sites is 1. The Morgan fingerprint density at radius 3 is 2.73 bits per heavy atom. The molecule has 6 heteroatoms. The third kappa shape index (κ3) is 2.39. The number of hydrogen-bond acceptors (Lipinski definition) is 4. The van der Waals surface area contributed by atoms with Crippen LogP contribution in [0.25, 0.3) is 5.70 Å². The summed E-state index contributed by atoms with van der Waals surface area (Å²) in [6.07, 6.45) is 1.80. The van der Waals surface area contributed by atoms with Crippen LogP contribution in [-0.2, 0) is 6.54 Å². The molecule has 1 aliphatic rings. The summed E-state index contributed by atoms with van der Waals surface area (Å²) >= 11 is 0. The fourth-order valence-electron chi connectivity index (χ4n) is 2.47. The maximum Gasteiger partial charge on any atom is 0.342 e. The molecule has 2 aromatic rings. The summed E-state index contributed by atoms with van der Waals surface area (Å²) in [5, 5.41) is 12.3. The van der Waals surface area contributed by atoms with Crippen LogP contribution in [-0.4, -0.2) is 20.6 Å². The minimum Gasteiger partial charge on any atom is -0.477 e. The van der Waals surface area contributed by atoms with Crippen LogP contribution in [0.4, 0.5) is 5.69 Å². The quantitative estimate of drug-likeness (QED) is 0.907. The van der Waals surface area contributed by atoms with E-state index in [4.69, 9.17) is 5.11 Å². The van der Waals surface area contributed by atoms with Gasteiger partial charge in [-0.3, -0.25) is 9.36 Å².